The average molecular weight is 288 g/mol. The van der Waals surface area contributed by atoms with Gasteiger partial charge in [-0.25, -0.2) is 0 Å². The Bertz CT molecular complexity index is 484. The van der Waals surface area contributed by atoms with Crippen molar-refractivity contribution >= 4 is 11.6 Å². The molecule has 2 N–H and O–H groups in total. The molecule has 1 fully saturated rings. The third-order valence-corrected chi connectivity index (χ3v) is 4.46. The van der Waals surface area contributed by atoms with E-state index in [0.717, 1.165) is 29.6 Å². The second-order valence-electron chi connectivity index (χ2n) is 6.41. The van der Waals surface area contributed by atoms with Crippen molar-refractivity contribution in [3.05, 3.63) is 29.3 Å². The molecule has 116 valence electrons. The Morgan fingerprint density at radius 3 is 2.86 bits per heavy atom. The van der Waals surface area contributed by atoms with Gasteiger partial charge in [-0.05, 0) is 56.2 Å². The zero-order valence-corrected chi connectivity index (χ0v) is 13.5. The van der Waals surface area contributed by atoms with Crippen LogP contribution in [0.15, 0.2) is 18.2 Å². The van der Waals surface area contributed by atoms with Gasteiger partial charge >= 0.3 is 0 Å². The van der Waals surface area contributed by atoms with E-state index in [1.165, 1.54) is 31.2 Å². The molecule has 0 aliphatic heterocycles. The van der Waals surface area contributed by atoms with Gasteiger partial charge in [-0.3, -0.25) is 4.79 Å². The Labute approximate surface area is 128 Å². The van der Waals surface area contributed by atoms with E-state index < -0.39 is 0 Å². The standard InChI is InChI=1S/C18H28N2O/c1-4-19-18(21)16-9-8-14(3)17(11-16)20-12-15-7-5-6-13(2)10-15/h8-9,11,13,15,20H,4-7,10,12H2,1-3H3,(H,19,21). The highest BCUT2D eigenvalue weighted by molar-refractivity contribution is 5.95. The van der Waals surface area contributed by atoms with Crippen molar-refractivity contribution in [2.24, 2.45) is 11.8 Å². The van der Waals surface area contributed by atoms with Crippen molar-refractivity contribution in [2.75, 3.05) is 18.4 Å². The van der Waals surface area contributed by atoms with E-state index in [1.807, 2.05) is 25.1 Å². The van der Waals surface area contributed by atoms with Gasteiger partial charge in [0, 0.05) is 24.3 Å². The predicted octanol–water partition coefficient (Wildman–Crippen LogP) is 3.98. The van der Waals surface area contributed by atoms with Gasteiger partial charge in [0.15, 0.2) is 0 Å². The second kappa shape index (κ2) is 7.48. The summed E-state index contributed by atoms with van der Waals surface area (Å²) in [6.07, 6.45) is 5.38. The van der Waals surface area contributed by atoms with E-state index in [0.29, 0.717) is 6.54 Å². The number of carbonyl (C=O) groups excluding carboxylic acids is 1. The molecule has 2 rings (SSSR count). The molecule has 1 aromatic carbocycles. The van der Waals surface area contributed by atoms with E-state index in [4.69, 9.17) is 0 Å². The molecule has 2 atom stereocenters. The van der Waals surface area contributed by atoms with Crippen molar-refractivity contribution in [1.82, 2.24) is 5.32 Å². The number of hydrogen-bond acceptors (Lipinski definition) is 2. The molecular weight excluding hydrogens is 260 g/mol. The highest BCUT2D eigenvalue weighted by atomic mass is 16.1. The van der Waals surface area contributed by atoms with E-state index in [2.05, 4.69) is 24.5 Å². The Morgan fingerprint density at radius 2 is 2.14 bits per heavy atom. The molecule has 0 spiro atoms. The molecule has 3 heteroatoms. The summed E-state index contributed by atoms with van der Waals surface area (Å²) >= 11 is 0. The lowest BCUT2D eigenvalue weighted by molar-refractivity contribution is 0.0956. The van der Waals surface area contributed by atoms with Crippen LogP contribution in [0.25, 0.3) is 0 Å². The zero-order valence-electron chi connectivity index (χ0n) is 13.5. The number of nitrogens with one attached hydrogen (secondary N) is 2. The van der Waals surface area contributed by atoms with E-state index >= 15 is 0 Å². The number of rotatable bonds is 5. The van der Waals surface area contributed by atoms with E-state index in [1.54, 1.807) is 0 Å². The molecule has 1 aliphatic carbocycles. The quantitative estimate of drug-likeness (QED) is 0.860. The van der Waals surface area contributed by atoms with Gasteiger partial charge in [0.05, 0.1) is 0 Å². The lowest BCUT2D eigenvalue weighted by Gasteiger charge is -2.27. The number of aryl methyl sites for hydroxylation is 1. The molecule has 21 heavy (non-hydrogen) atoms. The van der Waals surface area contributed by atoms with Gasteiger partial charge in [-0.1, -0.05) is 25.8 Å². The van der Waals surface area contributed by atoms with Gasteiger partial charge in [0.2, 0.25) is 0 Å². The van der Waals surface area contributed by atoms with Crippen LogP contribution in [0.2, 0.25) is 0 Å². The normalized spacial score (nSPS) is 21.9. The fraction of sp³-hybridized carbons (Fsp3) is 0.611. The zero-order chi connectivity index (χ0) is 15.2. The average Bonchev–Trinajstić information content (AvgIpc) is 2.46. The minimum atomic E-state index is 0.00633. The van der Waals surface area contributed by atoms with Gasteiger partial charge in [0.1, 0.15) is 0 Å². The SMILES string of the molecule is CCNC(=O)c1ccc(C)c(NCC2CCCC(C)C2)c1. The van der Waals surface area contributed by atoms with Crippen LogP contribution in [-0.4, -0.2) is 19.0 Å². The Balaban J connectivity index is 1.98. The monoisotopic (exact) mass is 288 g/mol. The van der Waals surface area contributed by atoms with Crippen LogP contribution in [0, 0.1) is 18.8 Å². The van der Waals surface area contributed by atoms with Crippen LogP contribution in [0.3, 0.4) is 0 Å². The number of benzene rings is 1. The topological polar surface area (TPSA) is 41.1 Å². The fourth-order valence-electron chi connectivity index (χ4n) is 3.22. The van der Waals surface area contributed by atoms with Crippen molar-refractivity contribution in [3.8, 4) is 0 Å². The maximum Gasteiger partial charge on any atom is 0.251 e. The first kappa shape index (κ1) is 15.9. The highest BCUT2D eigenvalue weighted by Gasteiger charge is 2.18. The maximum absolute atomic E-state index is 11.9. The highest BCUT2D eigenvalue weighted by Crippen LogP contribution is 2.29. The van der Waals surface area contributed by atoms with Crippen molar-refractivity contribution < 1.29 is 4.79 Å². The van der Waals surface area contributed by atoms with Crippen molar-refractivity contribution in [2.45, 2.75) is 46.5 Å². The van der Waals surface area contributed by atoms with Gasteiger partial charge in [-0.2, -0.15) is 0 Å². The Kier molecular flexibility index (Phi) is 5.66. The lowest BCUT2D eigenvalue weighted by atomic mass is 9.82. The van der Waals surface area contributed by atoms with Crippen LogP contribution in [0.4, 0.5) is 5.69 Å². The van der Waals surface area contributed by atoms with Crippen molar-refractivity contribution in [1.29, 1.82) is 0 Å². The predicted molar refractivity (Wildman–Crippen MR) is 88.8 cm³/mol. The molecule has 0 heterocycles. The Hall–Kier alpha value is -1.51. The third kappa shape index (κ3) is 4.48. The molecule has 1 saturated carbocycles. The largest absolute Gasteiger partial charge is 0.385 e. The molecule has 0 saturated heterocycles. The van der Waals surface area contributed by atoms with Crippen molar-refractivity contribution in [3.63, 3.8) is 0 Å². The number of hydrogen-bond donors (Lipinski definition) is 2. The number of anilines is 1. The Morgan fingerprint density at radius 1 is 1.33 bits per heavy atom. The molecule has 3 nitrogen and oxygen atoms in total. The second-order valence-corrected chi connectivity index (χ2v) is 6.41. The smallest absolute Gasteiger partial charge is 0.251 e. The summed E-state index contributed by atoms with van der Waals surface area (Å²) in [5.74, 6) is 1.63. The summed E-state index contributed by atoms with van der Waals surface area (Å²) < 4.78 is 0. The number of amides is 1. The molecule has 0 bridgehead atoms. The summed E-state index contributed by atoms with van der Waals surface area (Å²) in [6, 6.07) is 5.90. The molecule has 0 aromatic heterocycles. The summed E-state index contributed by atoms with van der Waals surface area (Å²) in [6.45, 7) is 8.06. The molecular formula is C18H28N2O. The van der Waals surface area contributed by atoms with Gasteiger partial charge < -0.3 is 10.6 Å². The third-order valence-electron chi connectivity index (χ3n) is 4.46. The van der Waals surface area contributed by atoms with E-state index in [-0.39, 0.29) is 5.91 Å². The molecule has 1 aromatic rings. The summed E-state index contributed by atoms with van der Waals surface area (Å²) in [7, 11) is 0. The maximum atomic E-state index is 11.9. The summed E-state index contributed by atoms with van der Waals surface area (Å²) in [5.41, 5.74) is 3.03. The lowest BCUT2D eigenvalue weighted by Crippen LogP contribution is -2.23. The summed E-state index contributed by atoms with van der Waals surface area (Å²) in [4.78, 5) is 11.9. The first-order valence-electron chi connectivity index (χ1n) is 8.22. The van der Waals surface area contributed by atoms with Crippen LogP contribution < -0.4 is 10.6 Å². The van der Waals surface area contributed by atoms with Crippen LogP contribution >= 0.6 is 0 Å². The van der Waals surface area contributed by atoms with Gasteiger partial charge in [-0.15, -0.1) is 0 Å². The first-order chi connectivity index (χ1) is 10.1. The minimum Gasteiger partial charge on any atom is -0.385 e. The molecule has 2 unspecified atom stereocenters. The van der Waals surface area contributed by atoms with Crippen LogP contribution in [-0.2, 0) is 0 Å². The fourth-order valence-corrected chi connectivity index (χ4v) is 3.22. The molecule has 0 radical (unpaired) electrons. The molecule has 1 amide bonds. The number of carbonyl (C=O) groups is 1. The van der Waals surface area contributed by atoms with Crippen LogP contribution in [0.1, 0.15) is 55.5 Å². The van der Waals surface area contributed by atoms with Gasteiger partial charge in [0.25, 0.3) is 5.91 Å². The van der Waals surface area contributed by atoms with E-state index in [9.17, 15) is 4.79 Å². The summed E-state index contributed by atoms with van der Waals surface area (Å²) in [5, 5.41) is 6.41. The minimum absolute atomic E-state index is 0.00633. The first-order valence-corrected chi connectivity index (χ1v) is 8.22. The van der Waals surface area contributed by atoms with Crippen LogP contribution in [0.5, 0.6) is 0 Å². The molecule has 1 aliphatic rings.